The summed E-state index contributed by atoms with van der Waals surface area (Å²) in [5.41, 5.74) is 1.20. The van der Waals surface area contributed by atoms with E-state index < -0.39 is 8.32 Å². The van der Waals surface area contributed by atoms with E-state index >= 15 is 0 Å². The SMILES string of the molecule is C#CCC[C@@H]1[C@@H](/C(C)=C(\CCOc2ccccc2)OC2CCCCO2)[C@@H](OC2CCCCO2)C[C@@H]1O[Si](C)(C)C(C)(C)C. The normalized spacial score (nSPS) is 29.0. The Morgan fingerprint density at radius 2 is 1.65 bits per heavy atom. The molecule has 0 bridgehead atoms. The number of para-hydroxylation sites is 1. The predicted molar refractivity (Wildman–Crippen MR) is 174 cm³/mol. The average molecular weight is 613 g/mol. The number of hydrogen-bond donors (Lipinski definition) is 0. The summed E-state index contributed by atoms with van der Waals surface area (Å²) in [6.07, 6.45) is 14.8. The fourth-order valence-electron chi connectivity index (χ4n) is 6.39. The fraction of sp³-hybridized carbons (Fsp3) is 0.722. The van der Waals surface area contributed by atoms with E-state index in [9.17, 15) is 0 Å². The van der Waals surface area contributed by atoms with Crippen LogP contribution in [0, 0.1) is 24.2 Å². The van der Waals surface area contributed by atoms with Crippen molar-refractivity contribution in [3.8, 4) is 18.1 Å². The van der Waals surface area contributed by atoms with E-state index in [1.165, 1.54) is 5.57 Å². The summed E-state index contributed by atoms with van der Waals surface area (Å²) in [6, 6.07) is 9.98. The van der Waals surface area contributed by atoms with Crippen LogP contribution >= 0.6 is 0 Å². The number of ether oxygens (including phenoxy) is 5. The topological polar surface area (TPSA) is 55.4 Å². The molecule has 3 fully saturated rings. The molecule has 2 saturated heterocycles. The van der Waals surface area contributed by atoms with Crippen LogP contribution in [0.15, 0.2) is 41.7 Å². The van der Waals surface area contributed by atoms with Crippen molar-refractivity contribution in [2.75, 3.05) is 19.8 Å². The molecule has 43 heavy (non-hydrogen) atoms. The summed E-state index contributed by atoms with van der Waals surface area (Å²) in [7, 11) is -2.04. The standard InChI is InChI=1S/C36H56O6Si/c1-8-9-19-29-31(42-43(6,7)36(3,4)5)26-32(41-34-21-14-16-24-39-34)35(29)27(2)30(40-33-20-13-15-23-38-33)22-25-37-28-17-11-10-12-18-28/h1,10-12,17-18,29,31-35H,9,13-16,19-26H2,2-7H3/b30-27+/t29-,31-,32-,33?,34?,35+/m0/s1. The second-order valence-electron chi connectivity index (χ2n) is 14.0. The molecule has 240 valence electrons. The first-order valence-corrected chi connectivity index (χ1v) is 19.5. The van der Waals surface area contributed by atoms with Gasteiger partial charge >= 0.3 is 0 Å². The highest BCUT2D eigenvalue weighted by molar-refractivity contribution is 6.74. The number of benzene rings is 1. The summed E-state index contributed by atoms with van der Waals surface area (Å²) in [6.45, 7) is 15.8. The van der Waals surface area contributed by atoms with Crippen LogP contribution in [0.4, 0.5) is 0 Å². The molecule has 2 heterocycles. The molecule has 0 spiro atoms. The van der Waals surface area contributed by atoms with E-state index in [-0.39, 0.29) is 41.7 Å². The third kappa shape index (κ3) is 9.58. The maximum atomic E-state index is 7.18. The predicted octanol–water partition coefficient (Wildman–Crippen LogP) is 8.62. The maximum Gasteiger partial charge on any atom is 0.199 e. The Morgan fingerprint density at radius 3 is 2.26 bits per heavy atom. The van der Waals surface area contributed by atoms with Gasteiger partial charge in [-0.05, 0) is 93.6 Å². The molecule has 0 N–H and O–H groups in total. The van der Waals surface area contributed by atoms with E-state index in [0.29, 0.717) is 19.4 Å². The van der Waals surface area contributed by atoms with Crippen molar-refractivity contribution in [3.05, 3.63) is 41.7 Å². The molecule has 1 aromatic rings. The van der Waals surface area contributed by atoms with E-state index in [1.807, 2.05) is 30.3 Å². The van der Waals surface area contributed by atoms with Crippen LogP contribution in [0.5, 0.6) is 5.75 Å². The Bertz CT molecular complexity index is 1050. The second kappa shape index (κ2) is 16.0. The van der Waals surface area contributed by atoms with E-state index in [0.717, 1.165) is 76.1 Å². The smallest absolute Gasteiger partial charge is 0.199 e. The van der Waals surface area contributed by atoms with Gasteiger partial charge in [-0.15, -0.1) is 12.3 Å². The van der Waals surface area contributed by atoms with Gasteiger partial charge in [-0.3, -0.25) is 0 Å². The van der Waals surface area contributed by atoms with Crippen LogP contribution in [-0.2, 0) is 23.4 Å². The van der Waals surface area contributed by atoms with Crippen molar-refractivity contribution in [2.24, 2.45) is 11.8 Å². The average Bonchev–Trinajstić information content (AvgIpc) is 3.31. The van der Waals surface area contributed by atoms with Gasteiger partial charge in [0, 0.05) is 31.8 Å². The fourth-order valence-corrected chi connectivity index (χ4v) is 7.77. The molecule has 7 heteroatoms. The first-order chi connectivity index (χ1) is 20.6. The highest BCUT2D eigenvalue weighted by Crippen LogP contribution is 2.48. The quantitative estimate of drug-likeness (QED) is 0.126. The Balaban J connectivity index is 1.66. The van der Waals surface area contributed by atoms with Crippen LogP contribution in [0.1, 0.15) is 91.9 Å². The third-order valence-electron chi connectivity index (χ3n) is 9.84. The summed E-state index contributed by atoms with van der Waals surface area (Å²) in [5.74, 6) is 5.05. The number of terminal acetylenes is 1. The largest absolute Gasteiger partial charge is 0.493 e. The molecule has 1 aromatic carbocycles. The highest BCUT2D eigenvalue weighted by atomic mass is 28.4. The van der Waals surface area contributed by atoms with Crippen molar-refractivity contribution < 1.29 is 28.1 Å². The minimum atomic E-state index is -2.04. The molecule has 6 atom stereocenters. The zero-order chi connectivity index (χ0) is 30.9. The van der Waals surface area contributed by atoms with Crippen LogP contribution < -0.4 is 4.74 Å². The molecular weight excluding hydrogens is 556 g/mol. The molecule has 0 aromatic heterocycles. The lowest BCUT2D eigenvalue weighted by molar-refractivity contribution is -0.194. The second-order valence-corrected chi connectivity index (χ2v) is 18.7. The van der Waals surface area contributed by atoms with Crippen LogP contribution in [-0.4, -0.2) is 52.9 Å². The zero-order valence-electron chi connectivity index (χ0n) is 27.6. The van der Waals surface area contributed by atoms with Gasteiger partial charge in [0.15, 0.2) is 20.9 Å². The van der Waals surface area contributed by atoms with Gasteiger partial charge in [0.25, 0.3) is 0 Å². The van der Waals surface area contributed by atoms with Crippen LogP contribution in [0.25, 0.3) is 0 Å². The molecule has 1 aliphatic carbocycles. The summed E-state index contributed by atoms with van der Waals surface area (Å²) < 4.78 is 39.0. The molecule has 6 nitrogen and oxygen atoms in total. The first kappa shape index (κ1) is 34.1. The van der Waals surface area contributed by atoms with E-state index in [2.05, 4.69) is 46.7 Å². The van der Waals surface area contributed by atoms with E-state index in [4.69, 9.17) is 34.5 Å². The molecule has 3 aliphatic rings. The van der Waals surface area contributed by atoms with Gasteiger partial charge in [0.1, 0.15) is 11.5 Å². The molecular formula is C36H56O6Si. The number of hydrogen-bond acceptors (Lipinski definition) is 6. The van der Waals surface area contributed by atoms with Crippen molar-refractivity contribution in [1.29, 1.82) is 0 Å². The molecule has 4 rings (SSSR count). The van der Waals surface area contributed by atoms with E-state index in [1.54, 1.807) is 0 Å². The Kier molecular flexibility index (Phi) is 12.6. The van der Waals surface area contributed by atoms with Gasteiger partial charge < -0.3 is 28.1 Å². The van der Waals surface area contributed by atoms with Crippen molar-refractivity contribution >= 4 is 8.32 Å². The molecule has 2 aliphatic heterocycles. The van der Waals surface area contributed by atoms with Crippen molar-refractivity contribution in [1.82, 2.24) is 0 Å². The lowest BCUT2D eigenvalue weighted by Crippen LogP contribution is -2.45. The van der Waals surface area contributed by atoms with Gasteiger partial charge in [0.05, 0.1) is 25.4 Å². The van der Waals surface area contributed by atoms with Gasteiger partial charge in [-0.2, -0.15) is 0 Å². The number of rotatable bonds is 13. The van der Waals surface area contributed by atoms with Crippen molar-refractivity contribution in [3.63, 3.8) is 0 Å². The Morgan fingerprint density at radius 1 is 0.977 bits per heavy atom. The molecule has 2 unspecified atom stereocenters. The summed E-state index contributed by atoms with van der Waals surface area (Å²) in [4.78, 5) is 0. The maximum absolute atomic E-state index is 7.18. The monoisotopic (exact) mass is 612 g/mol. The minimum Gasteiger partial charge on any atom is -0.493 e. The molecule has 0 amide bonds. The zero-order valence-corrected chi connectivity index (χ0v) is 28.6. The minimum absolute atomic E-state index is 0.0402. The highest BCUT2D eigenvalue weighted by Gasteiger charge is 2.50. The molecule has 0 radical (unpaired) electrons. The Labute approximate surface area is 262 Å². The van der Waals surface area contributed by atoms with Crippen LogP contribution in [0.3, 0.4) is 0 Å². The van der Waals surface area contributed by atoms with Gasteiger partial charge in [0.2, 0.25) is 0 Å². The lowest BCUT2D eigenvalue weighted by Gasteiger charge is -2.40. The van der Waals surface area contributed by atoms with Gasteiger partial charge in [-0.25, -0.2) is 0 Å². The third-order valence-corrected chi connectivity index (χ3v) is 14.3. The van der Waals surface area contributed by atoms with Crippen LogP contribution in [0.2, 0.25) is 18.1 Å². The molecule has 1 saturated carbocycles. The Hall–Kier alpha value is -1.82. The summed E-state index contributed by atoms with van der Waals surface area (Å²) in [5, 5.41) is 0.108. The van der Waals surface area contributed by atoms with Gasteiger partial charge in [-0.1, -0.05) is 39.0 Å². The lowest BCUT2D eigenvalue weighted by atomic mass is 9.83. The first-order valence-electron chi connectivity index (χ1n) is 16.6. The summed E-state index contributed by atoms with van der Waals surface area (Å²) >= 11 is 0. The van der Waals surface area contributed by atoms with Crippen molar-refractivity contribution in [2.45, 2.75) is 135 Å².